The molecule has 0 saturated heterocycles. The number of rotatable bonds is 7. The maximum absolute atomic E-state index is 12.7. The summed E-state index contributed by atoms with van der Waals surface area (Å²) in [6, 6.07) is 5.54. The number of halogens is 1. The first-order valence-electron chi connectivity index (χ1n) is 8.92. The van der Waals surface area contributed by atoms with Crippen LogP contribution in [0.4, 0.5) is 5.82 Å². The molecule has 8 nitrogen and oxygen atoms in total. The molecule has 0 bridgehead atoms. The molecule has 0 fully saturated rings. The first kappa shape index (κ1) is 20.9. The summed E-state index contributed by atoms with van der Waals surface area (Å²) >= 11 is 7.37. The predicted molar refractivity (Wildman–Crippen MR) is 114 cm³/mol. The van der Waals surface area contributed by atoms with E-state index in [1.54, 1.807) is 18.5 Å². The third kappa shape index (κ3) is 4.15. The summed E-state index contributed by atoms with van der Waals surface area (Å²) in [5.41, 5.74) is 6.08. The van der Waals surface area contributed by atoms with Gasteiger partial charge in [-0.2, -0.15) is 0 Å². The van der Waals surface area contributed by atoms with Crippen molar-refractivity contribution in [3.63, 3.8) is 0 Å². The fourth-order valence-corrected chi connectivity index (χ4v) is 3.95. The number of nitrogens with two attached hydrogens (primary N) is 1. The molecule has 3 N–H and O–H groups in total. The van der Waals surface area contributed by atoms with Gasteiger partial charge in [0.15, 0.2) is 10.9 Å². The Morgan fingerprint density at radius 1 is 1.34 bits per heavy atom. The van der Waals surface area contributed by atoms with Gasteiger partial charge in [-0.05, 0) is 31.0 Å². The van der Waals surface area contributed by atoms with Gasteiger partial charge in [0.25, 0.3) is 5.56 Å². The van der Waals surface area contributed by atoms with E-state index >= 15 is 0 Å². The Morgan fingerprint density at radius 2 is 2.10 bits per heavy atom. The van der Waals surface area contributed by atoms with E-state index in [1.165, 1.54) is 16.3 Å². The van der Waals surface area contributed by atoms with E-state index in [0.29, 0.717) is 23.1 Å². The molecule has 0 saturated carbocycles. The molecule has 0 unspecified atom stereocenters. The van der Waals surface area contributed by atoms with Gasteiger partial charge < -0.3 is 5.73 Å². The lowest BCUT2D eigenvalue weighted by Crippen LogP contribution is -2.36. The number of nitrogens with zero attached hydrogens (tertiary/aromatic N) is 3. The van der Waals surface area contributed by atoms with E-state index in [1.807, 2.05) is 30.5 Å². The zero-order valence-electron chi connectivity index (χ0n) is 15.9. The van der Waals surface area contributed by atoms with E-state index in [2.05, 4.69) is 9.97 Å². The summed E-state index contributed by atoms with van der Waals surface area (Å²) < 4.78 is 3.03. The number of hydrogen-bond acceptors (Lipinski definition) is 6. The molecule has 0 aliphatic carbocycles. The average Bonchev–Trinajstić information content (AvgIpc) is 3.14. The number of aromatic nitrogens is 4. The Bertz CT molecular complexity index is 1180. The molecule has 29 heavy (non-hydrogen) atoms. The molecule has 0 aliphatic rings. The number of Topliss-reactive ketones (excluding diaryl/α,β-unsaturated/α-hetero) is 1. The number of nitrogen functional groups attached to an aromatic ring is 1. The van der Waals surface area contributed by atoms with E-state index in [0.717, 1.165) is 11.3 Å². The highest BCUT2D eigenvalue weighted by Gasteiger charge is 2.20. The number of ketones is 1. The first-order chi connectivity index (χ1) is 13.8. The van der Waals surface area contributed by atoms with Gasteiger partial charge in [0.2, 0.25) is 0 Å². The predicted octanol–water partition coefficient (Wildman–Crippen LogP) is 2.65. The Hall–Kier alpha value is -2.78. The van der Waals surface area contributed by atoms with Crippen LogP contribution in [-0.2, 0) is 6.54 Å². The van der Waals surface area contributed by atoms with Crippen molar-refractivity contribution in [2.24, 2.45) is 0 Å². The molecule has 3 rings (SSSR count). The number of imidazole rings is 1. The minimum Gasteiger partial charge on any atom is -0.384 e. The van der Waals surface area contributed by atoms with Gasteiger partial charge in [0, 0.05) is 24.0 Å². The lowest BCUT2D eigenvalue weighted by atomic mass is 10.2. The Morgan fingerprint density at radius 3 is 2.83 bits per heavy atom. The molecule has 0 radical (unpaired) electrons. The number of carbonyl (C=O) groups excluding carboxylic acids is 1. The Labute approximate surface area is 175 Å². The lowest BCUT2D eigenvalue weighted by Gasteiger charge is -2.12. The number of H-pyrrole nitrogens is 1. The fraction of sp³-hybridized carbons (Fsp3) is 0.263. The summed E-state index contributed by atoms with van der Waals surface area (Å²) in [5, 5.41) is 1.20. The minimum absolute atomic E-state index is 0.0613. The molecule has 0 atom stereocenters. The number of anilines is 1. The fourth-order valence-electron chi connectivity index (χ4n) is 2.94. The van der Waals surface area contributed by atoms with Crippen LogP contribution in [0, 0.1) is 6.92 Å². The van der Waals surface area contributed by atoms with Crippen LogP contribution in [0.2, 0.25) is 5.02 Å². The summed E-state index contributed by atoms with van der Waals surface area (Å²) in [6.45, 7) is 4.08. The highest BCUT2D eigenvalue weighted by atomic mass is 35.5. The largest absolute Gasteiger partial charge is 0.384 e. The highest BCUT2D eigenvalue weighted by Crippen LogP contribution is 2.27. The van der Waals surface area contributed by atoms with Crippen molar-refractivity contribution in [1.82, 2.24) is 19.1 Å². The topological polar surface area (TPSA) is 116 Å². The van der Waals surface area contributed by atoms with Crippen LogP contribution in [0.25, 0.3) is 5.69 Å². The lowest BCUT2D eigenvalue weighted by molar-refractivity contribution is 0.102. The number of thioether (sulfide) groups is 1. The van der Waals surface area contributed by atoms with Gasteiger partial charge in [0.05, 0.1) is 11.4 Å². The van der Waals surface area contributed by atoms with E-state index in [9.17, 15) is 14.4 Å². The van der Waals surface area contributed by atoms with Crippen LogP contribution >= 0.6 is 23.4 Å². The van der Waals surface area contributed by atoms with Crippen LogP contribution in [0.1, 0.15) is 29.3 Å². The maximum Gasteiger partial charge on any atom is 0.329 e. The number of aromatic amines is 1. The smallest absolute Gasteiger partial charge is 0.329 e. The van der Waals surface area contributed by atoms with Gasteiger partial charge >= 0.3 is 5.69 Å². The van der Waals surface area contributed by atoms with Crippen LogP contribution in [0.5, 0.6) is 0 Å². The summed E-state index contributed by atoms with van der Waals surface area (Å²) in [7, 11) is 0. The van der Waals surface area contributed by atoms with Crippen LogP contribution in [0.3, 0.4) is 0 Å². The zero-order chi connectivity index (χ0) is 21.1. The van der Waals surface area contributed by atoms with Crippen molar-refractivity contribution >= 4 is 35.0 Å². The first-order valence-corrected chi connectivity index (χ1v) is 10.3. The van der Waals surface area contributed by atoms with Gasteiger partial charge in [-0.15, -0.1) is 0 Å². The number of carbonyl (C=O) groups is 1. The highest BCUT2D eigenvalue weighted by molar-refractivity contribution is 7.99. The van der Waals surface area contributed by atoms with E-state index < -0.39 is 17.0 Å². The summed E-state index contributed by atoms with van der Waals surface area (Å²) in [4.78, 5) is 43.3. The average molecular weight is 434 g/mol. The zero-order valence-corrected chi connectivity index (χ0v) is 17.5. The minimum atomic E-state index is -0.778. The van der Waals surface area contributed by atoms with Crippen molar-refractivity contribution in [2.75, 3.05) is 11.5 Å². The van der Waals surface area contributed by atoms with E-state index in [-0.39, 0.29) is 17.1 Å². The third-order valence-electron chi connectivity index (χ3n) is 4.40. The standard InChI is InChI=1S/C19H20ClN5O3S/c1-3-8-25-16(21)15(17(27)23-18(25)28)14(26)10-29-19-22-7-9-24(19)13-6-4-5-12(20)11(13)2/h4-7,9H,3,8,10,21H2,1-2H3,(H,23,27,28). The second-order valence-corrected chi connectivity index (χ2v) is 7.70. The second-order valence-electron chi connectivity index (χ2n) is 6.35. The van der Waals surface area contributed by atoms with Crippen LogP contribution in [0.15, 0.2) is 45.3 Å². The molecule has 1 aromatic carbocycles. The maximum atomic E-state index is 12.7. The molecule has 0 amide bonds. The molecule has 2 aromatic heterocycles. The third-order valence-corrected chi connectivity index (χ3v) is 5.78. The van der Waals surface area contributed by atoms with Gasteiger partial charge in [0.1, 0.15) is 11.4 Å². The number of hydrogen-bond donors (Lipinski definition) is 2. The van der Waals surface area contributed by atoms with Gasteiger partial charge in [-0.1, -0.05) is 36.4 Å². The SMILES string of the molecule is CCCn1c(N)c(C(=O)CSc2nccn2-c2cccc(Cl)c2C)c(=O)[nH]c1=O. The molecule has 2 heterocycles. The molecule has 152 valence electrons. The number of benzene rings is 1. The molecule has 10 heteroatoms. The Kier molecular flexibility index (Phi) is 6.29. The van der Waals surface area contributed by atoms with Crippen LogP contribution in [-0.4, -0.2) is 30.6 Å². The quantitative estimate of drug-likeness (QED) is 0.437. The van der Waals surface area contributed by atoms with Crippen LogP contribution < -0.4 is 17.0 Å². The molecular weight excluding hydrogens is 414 g/mol. The summed E-state index contributed by atoms with van der Waals surface area (Å²) in [5.74, 6) is -0.648. The van der Waals surface area contributed by atoms with Gasteiger partial charge in [-0.3, -0.25) is 23.7 Å². The molecule has 0 aliphatic heterocycles. The normalized spacial score (nSPS) is 11.0. The van der Waals surface area contributed by atoms with Crippen molar-refractivity contribution in [2.45, 2.75) is 32.0 Å². The van der Waals surface area contributed by atoms with Crippen molar-refractivity contribution in [1.29, 1.82) is 0 Å². The Balaban J connectivity index is 1.88. The van der Waals surface area contributed by atoms with Crippen molar-refractivity contribution in [3.8, 4) is 5.69 Å². The second kappa shape index (κ2) is 8.71. The number of nitrogens with one attached hydrogen (secondary N) is 1. The molecule has 3 aromatic rings. The van der Waals surface area contributed by atoms with Gasteiger partial charge in [-0.25, -0.2) is 9.78 Å². The summed E-state index contributed by atoms with van der Waals surface area (Å²) in [6.07, 6.45) is 4.03. The van der Waals surface area contributed by atoms with E-state index in [4.69, 9.17) is 17.3 Å². The molecular formula is C19H20ClN5O3S. The van der Waals surface area contributed by atoms with Crippen molar-refractivity contribution in [3.05, 3.63) is 67.6 Å². The van der Waals surface area contributed by atoms with Crippen molar-refractivity contribution < 1.29 is 4.79 Å². The monoisotopic (exact) mass is 433 g/mol. The molecule has 0 spiro atoms.